The van der Waals surface area contributed by atoms with Crippen molar-refractivity contribution in [1.82, 2.24) is 4.90 Å². The number of nitrogens with zero attached hydrogens (tertiary/aromatic N) is 1. The van der Waals surface area contributed by atoms with Crippen molar-refractivity contribution in [2.75, 3.05) is 6.54 Å². The molecule has 6 heteroatoms. The highest BCUT2D eigenvalue weighted by atomic mass is 35.5. The number of hydrogen-bond donors (Lipinski definition) is 1. The van der Waals surface area contributed by atoms with Gasteiger partial charge in [0.2, 0.25) is 0 Å². The van der Waals surface area contributed by atoms with Crippen LogP contribution in [0.15, 0.2) is 30.3 Å². The summed E-state index contributed by atoms with van der Waals surface area (Å²) < 4.78 is 0. The van der Waals surface area contributed by atoms with Crippen LogP contribution in [0.5, 0.6) is 0 Å². The number of carboxylic acid groups (broad SMARTS) is 1. The highest BCUT2D eigenvalue weighted by Crippen LogP contribution is 2.34. The number of carboxylic acids is 1. The topological polar surface area (TPSA) is 40.5 Å². The first-order chi connectivity index (χ1) is 11.4. The second kappa shape index (κ2) is 7.44. The molecule has 0 radical (unpaired) electrons. The number of halogens is 2. The molecule has 3 nitrogen and oxygen atoms in total. The van der Waals surface area contributed by atoms with E-state index >= 15 is 0 Å². The third-order valence-electron chi connectivity index (χ3n) is 4.59. The molecule has 0 saturated carbocycles. The van der Waals surface area contributed by atoms with Gasteiger partial charge in [-0.25, -0.2) is 0 Å². The van der Waals surface area contributed by atoms with Crippen LogP contribution < -0.4 is 0 Å². The normalized spacial score (nSPS) is 21.8. The summed E-state index contributed by atoms with van der Waals surface area (Å²) in [5, 5.41) is 10.4. The second-order valence-corrected chi connectivity index (χ2v) is 8.27. The van der Waals surface area contributed by atoms with E-state index in [4.69, 9.17) is 23.2 Å². The number of benzene rings is 1. The Morgan fingerprint density at radius 1 is 1.25 bits per heavy atom. The summed E-state index contributed by atoms with van der Waals surface area (Å²) in [5.74, 6) is -0.940. The molecule has 1 aliphatic rings. The van der Waals surface area contributed by atoms with E-state index in [2.05, 4.69) is 24.0 Å². The lowest BCUT2D eigenvalue weighted by Gasteiger charge is -2.36. The number of aliphatic carboxylic acids is 1. The minimum absolute atomic E-state index is 0.254. The van der Waals surface area contributed by atoms with E-state index in [0.29, 0.717) is 22.6 Å². The van der Waals surface area contributed by atoms with E-state index in [1.807, 2.05) is 18.2 Å². The van der Waals surface area contributed by atoms with Gasteiger partial charge in [-0.15, -0.1) is 11.3 Å². The summed E-state index contributed by atoms with van der Waals surface area (Å²) >= 11 is 13.8. The van der Waals surface area contributed by atoms with Crippen molar-refractivity contribution in [3.05, 3.63) is 45.3 Å². The Labute approximate surface area is 155 Å². The van der Waals surface area contributed by atoms with Crippen molar-refractivity contribution in [2.24, 2.45) is 5.92 Å². The molecule has 0 amide bonds. The lowest BCUT2D eigenvalue weighted by molar-refractivity contribution is -0.144. The van der Waals surface area contributed by atoms with Crippen LogP contribution in [0.3, 0.4) is 0 Å². The van der Waals surface area contributed by atoms with Crippen LogP contribution in [0.25, 0.3) is 10.4 Å². The van der Waals surface area contributed by atoms with Gasteiger partial charge < -0.3 is 5.11 Å². The fourth-order valence-electron chi connectivity index (χ4n) is 3.07. The summed E-state index contributed by atoms with van der Waals surface area (Å²) in [4.78, 5) is 15.9. The smallest absolute Gasteiger partial charge is 0.307 e. The third-order valence-corrected chi connectivity index (χ3v) is 6.44. The van der Waals surface area contributed by atoms with Gasteiger partial charge in [-0.05, 0) is 49.6 Å². The van der Waals surface area contributed by atoms with Gasteiger partial charge in [-0.3, -0.25) is 9.69 Å². The Balaban J connectivity index is 1.73. The Kier molecular flexibility index (Phi) is 5.50. The van der Waals surface area contributed by atoms with E-state index in [1.54, 1.807) is 11.3 Å². The fourth-order valence-corrected chi connectivity index (χ4v) is 4.40. The molecule has 2 atom stereocenters. The number of carbonyl (C=O) groups is 1. The van der Waals surface area contributed by atoms with Crippen LogP contribution in [0.1, 0.15) is 24.6 Å². The molecule has 1 N–H and O–H groups in total. The van der Waals surface area contributed by atoms with E-state index < -0.39 is 5.97 Å². The lowest BCUT2D eigenvalue weighted by Crippen LogP contribution is -2.43. The summed E-state index contributed by atoms with van der Waals surface area (Å²) in [7, 11) is 0. The molecule has 1 aromatic carbocycles. The zero-order valence-electron chi connectivity index (χ0n) is 13.3. The van der Waals surface area contributed by atoms with Gasteiger partial charge in [0, 0.05) is 28.9 Å². The van der Waals surface area contributed by atoms with Gasteiger partial charge in [0.1, 0.15) is 0 Å². The van der Waals surface area contributed by atoms with E-state index in [9.17, 15) is 9.90 Å². The first-order valence-electron chi connectivity index (χ1n) is 7.95. The van der Waals surface area contributed by atoms with Crippen LogP contribution >= 0.6 is 34.5 Å². The van der Waals surface area contributed by atoms with Gasteiger partial charge >= 0.3 is 5.97 Å². The van der Waals surface area contributed by atoms with Crippen LogP contribution in [0, 0.1) is 5.92 Å². The zero-order chi connectivity index (χ0) is 17.3. The predicted molar refractivity (Wildman–Crippen MR) is 100 cm³/mol. The van der Waals surface area contributed by atoms with E-state index in [-0.39, 0.29) is 5.92 Å². The minimum Gasteiger partial charge on any atom is -0.481 e. The minimum atomic E-state index is -0.686. The SMILES string of the molecule is CC1CCC(C(=O)O)CN1Cc1ccc(-c2ccc(Cl)c(Cl)c2)s1. The standard InChI is InChI=1S/C18H19Cl2NO2S/c1-11-2-3-13(18(22)23)9-21(11)10-14-5-7-17(24-14)12-4-6-15(19)16(20)8-12/h4-8,11,13H,2-3,9-10H2,1H3,(H,22,23). The Hall–Kier alpha value is -1.07. The zero-order valence-corrected chi connectivity index (χ0v) is 15.7. The highest BCUT2D eigenvalue weighted by molar-refractivity contribution is 7.15. The van der Waals surface area contributed by atoms with Crippen LogP contribution in [0.2, 0.25) is 10.0 Å². The Morgan fingerprint density at radius 3 is 2.75 bits per heavy atom. The molecule has 0 spiro atoms. The van der Waals surface area contributed by atoms with E-state index in [0.717, 1.165) is 29.8 Å². The molecule has 1 aromatic heterocycles. The third kappa shape index (κ3) is 3.94. The van der Waals surface area contributed by atoms with Crippen molar-refractivity contribution in [3.8, 4) is 10.4 Å². The molecule has 3 rings (SSSR count). The first kappa shape index (κ1) is 17.7. The molecule has 24 heavy (non-hydrogen) atoms. The number of rotatable bonds is 4. The summed E-state index contributed by atoms with van der Waals surface area (Å²) in [6.45, 7) is 3.58. The van der Waals surface area contributed by atoms with Crippen molar-refractivity contribution in [3.63, 3.8) is 0 Å². The average Bonchev–Trinajstić information content (AvgIpc) is 3.00. The molecule has 2 heterocycles. The lowest BCUT2D eigenvalue weighted by atomic mass is 9.93. The molecule has 0 aliphatic carbocycles. The van der Waals surface area contributed by atoms with Gasteiger partial charge in [-0.2, -0.15) is 0 Å². The highest BCUT2D eigenvalue weighted by Gasteiger charge is 2.29. The molecule has 2 unspecified atom stereocenters. The molecule has 128 valence electrons. The second-order valence-electron chi connectivity index (χ2n) is 6.29. The van der Waals surface area contributed by atoms with Crippen molar-refractivity contribution in [2.45, 2.75) is 32.4 Å². The maximum atomic E-state index is 11.3. The quantitative estimate of drug-likeness (QED) is 0.767. The van der Waals surface area contributed by atoms with Crippen molar-refractivity contribution in [1.29, 1.82) is 0 Å². The predicted octanol–water partition coefficient (Wildman–Crippen LogP) is 5.41. The van der Waals surface area contributed by atoms with Gasteiger partial charge in [0.15, 0.2) is 0 Å². The van der Waals surface area contributed by atoms with E-state index in [1.165, 1.54) is 4.88 Å². The van der Waals surface area contributed by atoms with Crippen LogP contribution in [-0.2, 0) is 11.3 Å². The largest absolute Gasteiger partial charge is 0.481 e. The Morgan fingerprint density at radius 2 is 2.04 bits per heavy atom. The van der Waals surface area contributed by atoms with Gasteiger partial charge in [-0.1, -0.05) is 29.3 Å². The molecule has 1 saturated heterocycles. The molecule has 1 fully saturated rings. The number of piperidine rings is 1. The van der Waals surface area contributed by atoms with Crippen molar-refractivity contribution >= 4 is 40.5 Å². The molecule has 1 aliphatic heterocycles. The van der Waals surface area contributed by atoms with Crippen LogP contribution in [-0.4, -0.2) is 28.6 Å². The molecular formula is C18H19Cl2NO2S. The van der Waals surface area contributed by atoms with Gasteiger partial charge in [0.05, 0.1) is 16.0 Å². The van der Waals surface area contributed by atoms with Crippen molar-refractivity contribution < 1.29 is 9.90 Å². The average molecular weight is 384 g/mol. The fraction of sp³-hybridized carbons (Fsp3) is 0.389. The maximum absolute atomic E-state index is 11.3. The number of likely N-dealkylation sites (tertiary alicyclic amines) is 1. The maximum Gasteiger partial charge on any atom is 0.307 e. The number of thiophene rings is 1. The molecule has 2 aromatic rings. The number of hydrogen-bond acceptors (Lipinski definition) is 3. The van der Waals surface area contributed by atoms with Crippen LogP contribution in [0.4, 0.5) is 0 Å². The first-order valence-corrected chi connectivity index (χ1v) is 9.52. The van der Waals surface area contributed by atoms with Gasteiger partial charge in [0.25, 0.3) is 0 Å². The Bertz CT molecular complexity index is 746. The summed E-state index contributed by atoms with van der Waals surface area (Å²) in [5.41, 5.74) is 1.05. The molecule has 0 bridgehead atoms. The molecular weight excluding hydrogens is 365 g/mol. The summed E-state index contributed by atoms with van der Waals surface area (Å²) in [6, 6.07) is 10.3. The monoisotopic (exact) mass is 383 g/mol. The summed E-state index contributed by atoms with van der Waals surface area (Å²) in [6.07, 6.45) is 1.70.